The number of hydrogen-bond donors (Lipinski definition) is 1. The number of nitrogens with zero attached hydrogens (tertiary/aromatic N) is 5. The Morgan fingerprint density at radius 2 is 1.86 bits per heavy atom. The van der Waals surface area contributed by atoms with Crippen LogP contribution in [0.5, 0.6) is 0 Å². The standard InChI is InChI=1S/C19H18N6O3/c26-18(14-3-1-7-20-13-14)21-16-5-6-17(23-22-16)24-8-10-25(11-9-24)19(27)15-4-2-12-28-15/h1-7,12-13H,8-11H2,(H,21,22,26). The maximum absolute atomic E-state index is 12.3. The Morgan fingerprint density at radius 1 is 1.00 bits per heavy atom. The zero-order valence-electron chi connectivity index (χ0n) is 15.0. The van der Waals surface area contributed by atoms with E-state index >= 15 is 0 Å². The second-order valence-corrected chi connectivity index (χ2v) is 6.23. The predicted octanol–water partition coefficient (Wildman–Crippen LogP) is 1.68. The van der Waals surface area contributed by atoms with Crippen LogP contribution in [0.15, 0.2) is 59.5 Å². The average Bonchev–Trinajstić information content (AvgIpc) is 3.29. The largest absolute Gasteiger partial charge is 0.459 e. The molecule has 3 aromatic heterocycles. The van der Waals surface area contributed by atoms with E-state index in [1.54, 1.807) is 47.5 Å². The van der Waals surface area contributed by atoms with Gasteiger partial charge in [0.1, 0.15) is 0 Å². The van der Waals surface area contributed by atoms with Crippen molar-refractivity contribution in [2.75, 3.05) is 36.4 Å². The van der Waals surface area contributed by atoms with Crippen LogP contribution in [0.4, 0.5) is 11.6 Å². The zero-order valence-corrected chi connectivity index (χ0v) is 15.0. The summed E-state index contributed by atoms with van der Waals surface area (Å²) in [6.45, 7) is 2.42. The van der Waals surface area contributed by atoms with Gasteiger partial charge in [0.2, 0.25) is 0 Å². The molecule has 1 N–H and O–H groups in total. The van der Waals surface area contributed by atoms with Gasteiger partial charge >= 0.3 is 0 Å². The molecule has 1 fully saturated rings. The first kappa shape index (κ1) is 17.7. The highest BCUT2D eigenvalue weighted by atomic mass is 16.3. The summed E-state index contributed by atoms with van der Waals surface area (Å²) < 4.78 is 5.17. The van der Waals surface area contributed by atoms with Crippen LogP contribution in [-0.4, -0.2) is 58.1 Å². The number of anilines is 2. The lowest BCUT2D eigenvalue weighted by atomic mass is 10.2. The molecule has 0 spiro atoms. The number of hydrogen-bond acceptors (Lipinski definition) is 7. The van der Waals surface area contributed by atoms with E-state index in [9.17, 15) is 9.59 Å². The maximum Gasteiger partial charge on any atom is 0.289 e. The first-order valence-electron chi connectivity index (χ1n) is 8.83. The number of carbonyl (C=O) groups is 2. The van der Waals surface area contributed by atoms with Gasteiger partial charge in [-0.25, -0.2) is 0 Å². The van der Waals surface area contributed by atoms with E-state index in [0.29, 0.717) is 49.1 Å². The minimum atomic E-state index is -0.291. The highest BCUT2D eigenvalue weighted by molar-refractivity contribution is 6.03. The lowest BCUT2D eigenvalue weighted by molar-refractivity contribution is 0.0714. The Kier molecular flexibility index (Phi) is 4.96. The SMILES string of the molecule is O=C(Nc1ccc(N2CCN(C(=O)c3ccco3)CC2)nn1)c1cccnc1. The van der Waals surface area contributed by atoms with Gasteiger partial charge in [0.25, 0.3) is 11.8 Å². The van der Waals surface area contributed by atoms with Crippen molar-refractivity contribution in [1.29, 1.82) is 0 Å². The molecule has 0 radical (unpaired) electrons. The van der Waals surface area contributed by atoms with Gasteiger partial charge in [0.05, 0.1) is 11.8 Å². The predicted molar refractivity (Wildman–Crippen MR) is 101 cm³/mol. The van der Waals surface area contributed by atoms with Crippen LogP contribution < -0.4 is 10.2 Å². The van der Waals surface area contributed by atoms with Gasteiger partial charge in [0.15, 0.2) is 17.4 Å². The minimum Gasteiger partial charge on any atom is -0.459 e. The summed E-state index contributed by atoms with van der Waals surface area (Å²) in [5.41, 5.74) is 0.450. The highest BCUT2D eigenvalue weighted by Crippen LogP contribution is 2.16. The van der Waals surface area contributed by atoms with Crippen LogP contribution in [-0.2, 0) is 0 Å². The fourth-order valence-electron chi connectivity index (χ4n) is 2.94. The van der Waals surface area contributed by atoms with E-state index in [0.717, 1.165) is 0 Å². The second kappa shape index (κ2) is 7.87. The molecular formula is C19H18N6O3. The molecule has 28 heavy (non-hydrogen) atoms. The molecule has 3 aromatic rings. The van der Waals surface area contributed by atoms with Gasteiger partial charge in [-0.05, 0) is 36.4 Å². The van der Waals surface area contributed by atoms with Crippen LogP contribution in [0, 0.1) is 0 Å². The van der Waals surface area contributed by atoms with Gasteiger partial charge in [-0.15, -0.1) is 10.2 Å². The van der Waals surface area contributed by atoms with Crippen molar-refractivity contribution >= 4 is 23.5 Å². The number of pyridine rings is 1. The number of carbonyl (C=O) groups excluding carboxylic acids is 2. The fourth-order valence-corrected chi connectivity index (χ4v) is 2.94. The number of amides is 2. The Hall–Kier alpha value is -3.75. The Labute approximate surface area is 161 Å². The Bertz CT molecular complexity index is 936. The first-order valence-corrected chi connectivity index (χ1v) is 8.83. The molecule has 1 aliphatic heterocycles. The van der Waals surface area contributed by atoms with Gasteiger partial charge in [0, 0.05) is 38.6 Å². The summed E-state index contributed by atoms with van der Waals surface area (Å²) in [7, 11) is 0. The summed E-state index contributed by atoms with van der Waals surface area (Å²) in [4.78, 5) is 32.2. The molecule has 142 valence electrons. The second-order valence-electron chi connectivity index (χ2n) is 6.23. The van der Waals surface area contributed by atoms with Crippen molar-refractivity contribution < 1.29 is 14.0 Å². The van der Waals surface area contributed by atoms with Crippen molar-refractivity contribution in [3.05, 3.63) is 66.4 Å². The molecular weight excluding hydrogens is 360 g/mol. The van der Waals surface area contributed by atoms with Crippen LogP contribution >= 0.6 is 0 Å². The van der Waals surface area contributed by atoms with Crippen molar-refractivity contribution in [2.24, 2.45) is 0 Å². The number of rotatable bonds is 4. The normalized spacial score (nSPS) is 14.0. The van der Waals surface area contributed by atoms with Crippen molar-refractivity contribution in [3.63, 3.8) is 0 Å². The Balaban J connectivity index is 1.33. The monoisotopic (exact) mass is 378 g/mol. The third-order valence-electron chi connectivity index (χ3n) is 4.44. The quantitative estimate of drug-likeness (QED) is 0.736. The molecule has 0 aromatic carbocycles. The molecule has 0 aliphatic carbocycles. The van der Waals surface area contributed by atoms with E-state index in [1.165, 1.54) is 12.5 Å². The molecule has 1 saturated heterocycles. The van der Waals surface area contributed by atoms with Crippen LogP contribution in [0.1, 0.15) is 20.9 Å². The molecule has 4 rings (SSSR count). The molecule has 4 heterocycles. The molecule has 1 aliphatic rings. The van der Waals surface area contributed by atoms with E-state index in [4.69, 9.17) is 4.42 Å². The summed E-state index contributed by atoms with van der Waals surface area (Å²) in [6.07, 6.45) is 4.58. The number of nitrogens with one attached hydrogen (secondary N) is 1. The zero-order chi connectivity index (χ0) is 19.3. The topological polar surface area (TPSA) is 104 Å². The van der Waals surface area contributed by atoms with Crippen LogP contribution in [0.2, 0.25) is 0 Å². The molecule has 9 nitrogen and oxygen atoms in total. The van der Waals surface area contributed by atoms with Crippen molar-refractivity contribution in [1.82, 2.24) is 20.1 Å². The van der Waals surface area contributed by atoms with Crippen LogP contribution in [0.3, 0.4) is 0 Å². The number of furan rings is 1. The molecule has 0 unspecified atom stereocenters. The van der Waals surface area contributed by atoms with Gasteiger partial charge in [-0.1, -0.05) is 0 Å². The van der Waals surface area contributed by atoms with E-state index in [-0.39, 0.29) is 11.8 Å². The molecule has 2 amide bonds. The summed E-state index contributed by atoms with van der Waals surface area (Å²) in [5, 5.41) is 11.0. The third kappa shape index (κ3) is 3.83. The van der Waals surface area contributed by atoms with E-state index in [2.05, 4.69) is 20.5 Å². The first-order chi connectivity index (χ1) is 13.7. The van der Waals surface area contributed by atoms with E-state index in [1.807, 2.05) is 4.90 Å². The van der Waals surface area contributed by atoms with Crippen LogP contribution in [0.25, 0.3) is 0 Å². The van der Waals surface area contributed by atoms with Crippen molar-refractivity contribution in [3.8, 4) is 0 Å². The smallest absolute Gasteiger partial charge is 0.289 e. The lowest BCUT2D eigenvalue weighted by Gasteiger charge is -2.34. The molecule has 9 heteroatoms. The van der Waals surface area contributed by atoms with Gasteiger partial charge < -0.3 is 19.5 Å². The highest BCUT2D eigenvalue weighted by Gasteiger charge is 2.24. The third-order valence-corrected chi connectivity index (χ3v) is 4.44. The summed E-state index contributed by atoms with van der Waals surface area (Å²) in [5.74, 6) is 1.01. The lowest BCUT2D eigenvalue weighted by Crippen LogP contribution is -2.49. The Morgan fingerprint density at radius 3 is 2.50 bits per heavy atom. The molecule has 0 bridgehead atoms. The summed E-state index contributed by atoms with van der Waals surface area (Å²) >= 11 is 0. The van der Waals surface area contributed by atoms with Crippen molar-refractivity contribution in [2.45, 2.75) is 0 Å². The van der Waals surface area contributed by atoms with Gasteiger partial charge in [-0.2, -0.15) is 0 Å². The fraction of sp³-hybridized carbons (Fsp3) is 0.211. The van der Waals surface area contributed by atoms with Gasteiger partial charge in [-0.3, -0.25) is 14.6 Å². The summed E-state index contributed by atoms with van der Waals surface area (Å²) in [6, 6.07) is 10.2. The number of piperazine rings is 1. The molecule has 0 atom stereocenters. The average molecular weight is 378 g/mol. The maximum atomic E-state index is 12.3. The minimum absolute atomic E-state index is 0.107. The number of aromatic nitrogens is 3. The molecule has 0 saturated carbocycles. The van der Waals surface area contributed by atoms with E-state index < -0.39 is 0 Å².